The largest absolute Gasteiger partial charge is 0.348 e. The molecule has 0 fully saturated rings. The number of aryl methyl sites for hydroxylation is 1. The van der Waals surface area contributed by atoms with Crippen LogP contribution in [0.4, 0.5) is 0 Å². The van der Waals surface area contributed by atoms with Gasteiger partial charge in [0.1, 0.15) is 5.25 Å². The van der Waals surface area contributed by atoms with E-state index in [1.807, 2.05) is 42.5 Å². The normalized spacial score (nSPS) is 12.0. The summed E-state index contributed by atoms with van der Waals surface area (Å²) in [7, 11) is 3.52. The van der Waals surface area contributed by atoms with Crippen LogP contribution >= 0.6 is 11.8 Å². The van der Waals surface area contributed by atoms with E-state index in [0.717, 1.165) is 17.5 Å². The highest BCUT2D eigenvalue weighted by Gasteiger charge is 2.25. The van der Waals surface area contributed by atoms with E-state index >= 15 is 0 Å². The number of thioether (sulfide) groups is 1. The van der Waals surface area contributed by atoms with Crippen LogP contribution < -0.4 is 0 Å². The van der Waals surface area contributed by atoms with Crippen molar-refractivity contribution in [1.29, 1.82) is 0 Å². The fourth-order valence-corrected chi connectivity index (χ4v) is 3.61. The van der Waals surface area contributed by atoms with Gasteiger partial charge in [-0.05, 0) is 17.5 Å². The van der Waals surface area contributed by atoms with Crippen molar-refractivity contribution >= 4 is 17.7 Å². The number of carbonyl (C=O) groups is 1. The maximum Gasteiger partial charge on any atom is 0.240 e. The molecule has 134 valence electrons. The minimum Gasteiger partial charge on any atom is -0.348 e. The van der Waals surface area contributed by atoms with Gasteiger partial charge in [0.05, 0.1) is 0 Å². The Hall–Kier alpha value is -2.60. The van der Waals surface area contributed by atoms with E-state index in [9.17, 15) is 4.79 Å². The first-order chi connectivity index (χ1) is 12.6. The summed E-state index contributed by atoms with van der Waals surface area (Å²) in [5, 5.41) is 7.46. The first kappa shape index (κ1) is 18.2. The standard InChI is InChI=1S/C20H22N4OS/c1-4-14-10-12-16(13-11-14)18-21-20(23-22-18)26-17(19(25)24(2)3)15-8-6-5-7-9-15/h5-13,17H,4H2,1-3H3,(H,21,22,23)/t17-/m0/s1. The highest BCUT2D eigenvalue weighted by atomic mass is 32.2. The van der Waals surface area contributed by atoms with Crippen LogP contribution in [0.1, 0.15) is 23.3 Å². The van der Waals surface area contributed by atoms with Crippen LogP contribution in [0, 0.1) is 0 Å². The van der Waals surface area contributed by atoms with E-state index in [2.05, 4.69) is 34.2 Å². The van der Waals surface area contributed by atoms with Crippen molar-refractivity contribution in [2.45, 2.75) is 23.8 Å². The van der Waals surface area contributed by atoms with Crippen LogP contribution in [0.15, 0.2) is 59.8 Å². The van der Waals surface area contributed by atoms with Crippen molar-refractivity contribution < 1.29 is 4.79 Å². The molecule has 2 aromatic carbocycles. The summed E-state index contributed by atoms with van der Waals surface area (Å²) >= 11 is 1.36. The van der Waals surface area contributed by atoms with Crippen LogP contribution in [-0.4, -0.2) is 40.1 Å². The monoisotopic (exact) mass is 366 g/mol. The molecule has 0 aliphatic rings. The second kappa shape index (κ2) is 8.19. The zero-order chi connectivity index (χ0) is 18.5. The summed E-state index contributed by atoms with van der Waals surface area (Å²) in [6, 6.07) is 18.0. The average Bonchev–Trinajstić information content (AvgIpc) is 3.15. The first-order valence-electron chi connectivity index (χ1n) is 8.53. The van der Waals surface area contributed by atoms with E-state index < -0.39 is 0 Å². The predicted octanol–water partition coefficient (Wildman–Crippen LogP) is 3.96. The summed E-state index contributed by atoms with van der Waals surface area (Å²) < 4.78 is 0. The van der Waals surface area contributed by atoms with Crippen molar-refractivity contribution in [1.82, 2.24) is 20.1 Å². The second-order valence-electron chi connectivity index (χ2n) is 6.16. The Bertz CT molecular complexity index is 859. The summed E-state index contributed by atoms with van der Waals surface area (Å²) in [5.74, 6) is 0.721. The number of amides is 1. The molecular formula is C20H22N4OS. The molecule has 3 rings (SSSR count). The zero-order valence-corrected chi connectivity index (χ0v) is 16.0. The van der Waals surface area contributed by atoms with Crippen LogP contribution in [0.3, 0.4) is 0 Å². The fraction of sp³-hybridized carbons (Fsp3) is 0.250. The van der Waals surface area contributed by atoms with Crippen LogP contribution in [0.25, 0.3) is 11.4 Å². The Balaban J connectivity index is 1.83. The highest BCUT2D eigenvalue weighted by molar-refractivity contribution is 8.00. The van der Waals surface area contributed by atoms with Crippen molar-refractivity contribution in [3.63, 3.8) is 0 Å². The Morgan fingerprint density at radius 1 is 1.12 bits per heavy atom. The van der Waals surface area contributed by atoms with Gasteiger partial charge in [0.15, 0.2) is 5.82 Å². The summed E-state index contributed by atoms with van der Waals surface area (Å²) in [4.78, 5) is 18.8. The number of likely N-dealkylation sites (N-methyl/N-ethyl adjacent to an activating group) is 1. The van der Waals surface area contributed by atoms with Crippen LogP contribution in [-0.2, 0) is 11.2 Å². The number of hydrogen-bond donors (Lipinski definition) is 1. The summed E-state index contributed by atoms with van der Waals surface area (Å²) in [5.41, 5.74) is 3.20. The van der Waals surface area contributed by atoms with E-state index in [4.69, 9.17) is 0 Å². The van der Waals surface area contributed by atoms with Gasteiger partial charge in [0.2, 0.25) is 11.1 Å². The minimum absolute atomic E-state index is 0.0137. The van der Waals surface area contributed by atoms with Crippen molar-refractivity contribution in [3.05, 3.63) is 65.7 Å². The molecule has 0 bridgehead atoms. The molecule has 1 aromatic heterocycles. The summed E-state index contributed by atoms with van der Waals surface area (Å²) in [6.07, 6.45) is 1.00. The number of benzene rings is 2. The molecule has 5 nitrogen and oxygen atoms in total. The van der Waals surface area contributed by atoms with Gasteiger partial charge in [-0.15, -0.1) is 5.10 Å². The van der Waals surface area contributed by atoms with Gasteiger partial charge in [-0.25, -0.2) is 4.98 Å². The number of nitrogens with one attached hydrogen (secondary N) is 1. The van der Waals surface area contributed by atoms with Crippen molar-refractivity contribution in [3.8, 4) is 11.4 Å². The maximum atomic E-state index is 12.6. The number of hydrogen-bond acceptors (Lipinski definition) is 4. The number of aromatic amines is 1. The van der Waals surface area contributed by atoms with Gasteiger partial charge in [-0.1, -0.05) is 73.3 Å². The molecule has 0 aliphatic carbocycles. The third-order valence-electron chi connectivity index (χ3n) is 4.09. The molecule has 6 heteroatoms. The lowest BCUT2D eigenvalue weighted by Crippen LogP contribution is -2.26. The number of nitrogens with zero attached hydrogens (tertiary/aromatic N) is 3. The molecule has 1 amide bonds. The number of carbonyl (C=O) groups excluding carboxylic acids is 1. The molecule has 26 heavy (non-hydrogen) atoms. The van der Waals surface area contributed by atoms with Gasteiger partial charge in [0, 0.05) is 19.7 Å². The lowest BCUT2D eigenvalue weighted by atomic mass is 10.1. The Kier molecular flexibility index (Phi) is 5.73. The van der Waals surface area contributed by atoms with Crippen LogP contribution in [0.5, 0.6) is 0 Å². The molecule has 0 aliphatic heterocycles. The Morgan fingerprint density at radius 2 is 1.81 bits per heavy atom. The van der Waals surface area contributed by atoms with Crippen molar-refractivity contribution in [2.75, 3.05) is 14.1 Å². The number of aromatic nitrogens is 3. The highest BCUT2D eigenvalue weighted by Crippen LogP contribution is 2.35. The third kappa shape index (κ3) is 4.14. The van der Waals surface area contributed by atoms with E-state index in [1.54, 1.807) is 19.0 Å². The van der Waals surface area contributed by atoms with Gasteiger partial charge in [-0.2, -0.15) is 0 Å². The molecule has 0 saturated heterocycles. The molecular weight excluding hydrogens is 344 g/mol. The van der Waals surface area contributed by atoms with Gasteiger partial charge in [-0.3, -0.25) is 9.89 Å². The van der Waals surface area contributed by atoms with E-state index in [0.29, 0.717) is 11.0 Å². The molecule has 3 aromatic rings. The minimum atomic E-state index is -0.377. The molecule has 0 unspecified atom stereocenters. The summed E-state index contributed by atoms with van der Waals surface area (Å²) in [6.45, 7) is 2.13. The third-order valence-corrected chi connectivity index (χ3v) is 5.19. The molecule has 1 heterocycles. The quantitative estimate of drug-likeness (QED) is 0.671. The Labute approximate surface area is 157 Å². The number of rotatable bonds is 6. The molecule has 0 spiro atoms. The lowest BCUT2D eigenvalue weighted by Gasteiger charge is -2.19. The predicted molar refractivity (Wildman–Crippen MR) is 105 cm³/mol. The molecule has 1 atom stereocenters. The fourth-order valence-electron chi connectivity index (χ4n) is 2.56. The molecule has 0 radical (unpaired) electrons. The SMILES string of the molecule is CCc1ccc(-c2nc(S[C@H](C(=O)N(C)C)c3ccccc3)n[nH]2)cc1. The van der Waals surface area contributed by atoms with Crippen molar-refractivity contribution in [2.24, 2.45) is 0 Å². The van der Waals surface area contributed by atoms with E-state index in [1.165, 1.54) is 17.3 Å². The zero-order valence-electron chi connectivity index (χ0n) is 15.1. The molecule has 1 N–H and O–H groups in total. The van der Waals surface area contributed by atoms with Crippen LogP contribution in [0.2, 0.25) is 0 Å². The average molecular weight is 366 g/mol. The Morgan fingerprint density at radius 3 is 2.42 bits per heavy atom. The smallest absolute Gasteiger partial charge is 0.240 e. The maximum absolute atomic E-state index is 12.6. The first-order valence-corrected chi connectivity index (χ1v) is 9.41. The second-order valence-corrected chi connectivity index (χ2v) is 7.23. The van der Waals surface area contributed by atoms with Gasteiger partial charge >= 0.3 is 0 Å². The topological polar surface area (TPSA) is 61.9 Å². The number of H-pyrrole nitrogens is 1. The van der Waals surface area contributed by atoms with Gasteiger partial charge in [0.25, 0.3) is 0 Å². The van der Waals surface area contributed by atoms with E-state index in [-0.39, 0.29) is 11.2 Å². The molecule has 0 saturated carbocycles. The lowest BCUT2D eigenvalue weighted by molar-refractivity contribution is -0.128. The van der Waals surface area contributed by atoms with Gasteiger partial charge < -0.3 is 4.90 Å².